The third-order valence-electron chi connectivity index (χ3n) is 2.23. The molecule has 2 atom stereocenters. The van der Waals surface area contributed by atoms with Crippen LogP contribution in [0.1, 0.15) is 12.8 Å². The highest BCUT2D eigenvalue weighted by atomic mass is 16.4. The molecule has 0 saturated carbocycles. The summed E-state index contributed by atoms with van der Waals surface area (Å²) in [6.07, 6.45) is -0.949. The Kier molecular flexibility index (Phi) is 3.43. The number of aliphatic hydroxyl groups is 2. The molecule has 3 N–H and O–H groups in total. The van der Waals surface area contributed by atoms with E-state index in [1.54, 1.807) is 0 Å². The van der Waals surface area contributed by atoms with Crippen molar-refractivity contribution in [2.24, 2.45) is 0 Å². The van der Waals surface area contributed by atoms with Gasteiger partial charge in [-0.3, -0.25) is 9.59 Å². The molecule has 0 spiro atoms. The van der Waals surface area contributed by atoms with E-state index in [1.807, 2.05) is 0 Å². The SMILES string of the molecule is O=C(O)CC(=O)N1C[C@H](O)C[C@H]1CO. The fourth-order valence-electron chi connectivity index (χ4n) is 1.60. The fourth-order valence-corrected chi connectivity index (χ4v) is 1.60. The zero-order chi connectivity index (χ0) is 10.7. The summed E-state index contributed by atoms with van der Waals surface area (Å²) in [6, 6.07) is -0.447. The van der Waals surface area contributed by atoms with E-state index in [-0.39, 0.29) is 13.2 Å². The summed E-state index contributed by atoms with van der Waals surface area (Å²) in [5.74, 6) is -1.76. The molecule has 6 nitrogen and oxygen atoms in total. The molecule has 0 radical (unpaired) electrons. The van der Waals surface area contributed by atoms with Gasteiger partial charge in [-0.2, -0.15) is 0 Å². The van der Waals surface area contributed by atoms with E-state index in [0.29, 0.717) is 6.42 Å². The number of β-amino-alcohol motifs (C(OH)–C–C–N with tert-alkyl or cyclic N) is 1. The van der Waals surface area contributed by atoms with E-state index in [9.17, 15) is 14.7 Å². The summed E-state index contributed by atoms with van der Waals surface area (Å²) >= 11 is 0. The minimum atomic E-state index is -1.20. The number of nitrogens with zero attached hydrogens (tertiary/aromatic N) is 1. The normalized spacial score (nSPS) is 26.6. The topological polar surface area (TPSA) is 98.1 Å². The number of rotatable bonds is 3. The number of likely N-dealkylation sites (tertiary alicyclic amines) is 1. The molecule has 80 valence electrons. The maximum absolute atomic E-state index is 11.3. The molecule has 6 heteroatoms. The van der Waals surface area contributed by atoms with Gasteiger partial charge in [-0.15, -0.1) is 0 Å². The second-order valence-electron chi connectivity index (χ2n) is 3.34. The number of aliphatic hydroxyl groups excluding tert-OH is 2. The monoisotopic (exact) mass is 203 g/mol. The van der Waals surface area contributed by atoms with Crippen LogP contribution in [0.5, 0.6) is 0 Å². The van der Waals surface area contributed by atoms with Gasteiger partial charge in [0.05, 0.1) is 18.8 Å². The first kappa shape index (κ1) is 10.9. The van der Waals surface area contributed by atoms with Crippen molar-refractivity contribution < 1.29 is 24.9 Å². The van der Waals surface area contributed by atoms with Crippen molar-refractivity contribution >= 4 is 11.9 Å². The van der Waals surface area contributed by atoms with Crippen LogP contribution in [0, 0.1) is 0 Å². The molecule has 0 aromatic heterocycles. The average Bonchev–Trinajstić information content (AvgIpc) is 2.45. The number of amides is 1. The van der Waals surface area contributed by atoms with Gasteiger partial charge in [0.1, 0.15) is 6.42 Å². The van der Waals surface area contributed by atoms with Crippen molar-refractivity contribution in [1.82, 2.24) is 4.90 Å². The van der Waals surface area contributed by atoms with E-state index in [1.165, 1.54) is 4.90 Å². The Balaban J connectivity index is 2.57. The molecule has 0 bridgehead atoms. The van der Waals surface area contributed by atoms with Gasteiger partial charge < -0.3 is 20.2 Å². The molecule has 1 rings (SSSR count). The minimum Gasteiger partial charge on any atom is -0.481 e. The number of aliphatic carboxylic acids is 1. The summed E-state index contributed by atoms with van der Waals surface area (Å²) in [6.45, 7) is -0.139. The lowest BCUT2D eigenvalue weighted by Gasteiger charge is -2.21. The van der Waals surface area contributed by atoms with E-state index >= 15 is 0 Å². The Morgan fingerprint density at radius 3 is 2.57 bits per heavy atom. The van der Waals surface area contributed by atoms with E-state index in [0.717, 1.165) is 0 Å². The number of hydrogen-bond donors (Lipinski definition) is 3. The molecule has 1 aliphatic heterocycles. The number of carbonyl (C=O) groups excluding carboxylic acids is 1. The Hall–Kier alpha value is -1.14. The lowest BCUT2D eigenvalue weighted by Crippen LogP contribution is -2.38. The Morgan fingerprint density at radius 2 is 2.07 bits per heavy atom. The second kappa shape index (κ2) is 4.39. The molecule has 0 aliphatic carbocycles. The smallest absolute Gasteiger partial charge is 0.312 e. The maximum Gasteiger partial charge on any atom is 0.312 e. The quantitative estimate of drug-likeness (QED) is 0.481. The van der Waals surface area contributed by atoms with E-state index in [4.69, 9.17) is 10.2 Å². The van der Waals surface area contributed by atoms with Crippen LogP contribution in [-0.4, -0.2) is 57.4 Å². The van der Waals surface area contributed by atoms with E-state index < -0.39 is 30.4 Å². The lowest BCUT2D eigenvalue weighted by molar-refractivity contribution is -0.145. The summed E-state index contributed by atoms with van der Waals surface area (Å²) in [5.41, 5.74) is 0. The molecule has 0 unspecified atom stereocenters. The molecule has 1 saturated heterocycles. The van der Waals surface area contributed by atoms with Gasteiger partial charge in [0.2, 0.25) is 5.91 Å². The predicted octanol–water partition coefficient (Wildman–Crippen LogP) is -1.58. The molecule has 0 aromatic rings. The van der Waals surface area contributed by atoms with Gasteiger partial charge >= 0.3 is 5.97 Å². The molecule has 1 fully saturated rings. The van der Waals surface area contributed by atoms with Crippen LogP contribution in [0.3, 0.4) is 0 Å². The van der Waals surface area contributed by atoms with Crippen LogP contribution in [0.25, 0.3) is 0 Å². The lowest BCUT2D eigenvalue weighted by atomic mass is 10.2. The third kappa shape index (κ3) is 2.43. The molecule has 1 amide bonds. The summed E-state index contributed by atoms with van der Waals surface area (Å²) in [4.78, 5) is 22.8. The van der Waals surface area contributed by atoms with Crippen LogP contribution >= 0.6 is 0 Å². The fraction of sp³-hybridized carbons (Fsp3) is 0.750. The van der Waals surface area contributed by atoms with Gasteiger partial charge in [0.15, 0.2) is 0 Å². The first-order chi connectivity index (χ1) is 6.54. The first-order valence-corrected chi connectivity index (χ1v) is 4.34. The second-order valence-corrected chi connectivity index (χ2v) is 3.34. The number of hydrogen-bond acceptors (Lipinski definition) is 4. The van der Waals surface area contributed by atoms with Crippen molar-refractivity contribution in [1.29, 1.82) is 0 Å². The van der Waals surface area contributed by atoms with Crippen molar-refractivity contribution in [3.05, 3.63) is 0 Å². The zero-order valence-corrected chi connectivity index (χ0v) is 7.59. The summed E-state index contributed by atoms with van der Waals surface area (Å²) in [5, 5.41) is 26.5. The van der Waals surface area contributed by atoms with Gasteiger partial charge in [-0.25, -0.2) is 0 Å². The first-order valence-electron chi connectivity index (χ1n) is 4.34. The number of carbonyl (C=O) groups is 2. The number of carboxylic acid groups (broad SMARTS) is 1. The minimum absolute atomic E-state index is 0.108. The molecule has 1 aliphatic rings. The molecule has 0 aromatic carbocycles. The zero-order valence-electron chi connectivity index (χ0n) is 7.59. The van der Waals surface area contributed by atoms with Gasteiger partial charge in [-0.05, 0) is 6.42 Å². The Labute approximate surface area is 80.8 Å². The van der Waals surface area contributed by atoms with E-state index in [2.05, 4.69) is 0 Å². The summed E-state index contributed by atoms with van der Waals surface area (Å²) < 4.78 is 0. The van der Waals surface area contributed by atoms with Gasteiger partial charge in [0.25, 0.3) is 0 Å². The average molecular weight is 203 g/mol. The largest absolute Gasteiger partial charge is 0.481 e. The molecule has 1 heterocycles. The highest BCUT2D eigenvalue weighted by Gasteiger charge is 2.34. The van der Waals surface area contributed by atoms with Crippen molar-refractivity contribution in [3.63, 3.8) is 0 Å². The number of carboxylic acids is 1. The highest BCUT2D eigenvalue weighted by molar-refractivity contribution is 5.93. The Bertz CT molecular complexity index is 242. The third-order valence-corrected chi connectivity index (χ3v) is 2.23. The summed E-state index contributed by atoms with van der Waals surface area (Å²) in [7, 11) is 0. The molecule has 14 heavy (non-hydrogen) atoms. The highest BCUT2D eigenvalue weighted by Crippen LogP contribution is 2.18. The maximum atomic E-state index is 11.3. The van der Waals surface area contributed by atoms with Gasteiger partial charge in [0, 0.05) is 6.54 Å². The van der Waals surface area contributed by atoms with Gasteiger partial charge in [-0.1, -0.05) is 0 Å². The molecular weight excluding hydrogens is 190 g/mol. The predicted molar refractivity (Wildman–Crippen MR) is 45.5 cm³/mol. The van der Waals surface area contributed by atoms with Crippen molar-refractivity contribution in [2.75, 3.05) is 13.2 Å². The van der Waals surface area contributed by atoms with Crippen molar-refractivity contribution in [2.45, 2.75) is 25.0 Å². The standard InChI is InChI=1S/C8H13NO5/c10-4-5-1-6(11)3-9(5)7(12)2-8(13)14/h5-6,10-11H,1-4H2,(H,13,14)/t5-,6+/m0/s1. The van der Waals surface area contributed by atoms with Crippen LogP contribution < -0.4 is 0 Å². The van der Waals surface area contributed by atoms with Crippen LogP contribution in [0.4, 0.5) is 0 Å². The van der Waals surface area contributed by atoms with Crippen LogP contribution in [0.2, 0.25) is 0 Å². The van der Waals surface area contributed by atoms with Crippen molar-refractivity contribution in [3.8, 4) is 0 Å². The molecular formula is C8H13NO5. The van der Waals surface area contributed by atoms with Crippen LogP contribution in [-0.2, 0) is 9.59 Å². The van der Waals surface area contributed by atoms with Crippen LogP contribution in [0.15, 0.2) is 0 Å². The Morgan fingerprint density at radius 1 is 1.43 bits per heavy atom.